The van der Waals surface area contributed by atoms with Gasteiger partial charge in [-0.1, -0.05) is 48.5 Å². The van der Waals surface area contributed by atoms with Crippen molar-refractivity contribution in [2.75, 3.05) is 18.1 Å². The van der Waals surface area contributed by atoms with Crippen molar-refractivity contribution in [2.24, 2.45) is 0 Å². The first-order valence-electron chi connectivity index (χ1n) is 9.93. The van der Waals surface area contributed by atoms with Crippen LogP contribution in [0.15, 0.2) is 77.4 Å². The summed E-state index contributed by atoms with van der Waals surface area (Å²) in [6, 6.07) is 22.8. The SMILES string of the molecule is N#CCCN(C(=O)COC(=O)Cc1coc2ccc3ccccc3c12)c1ccccc1. The molecule has 1 aromatic heterocycles. The molecule has 1 amide bonds. The van der Waals surface area contributed by atoms with Crippen molar-refractivity contribution in [1.29, 1.82) is 5.26 Å². The molecule has 31 heavy (non-hydrogen) atoms. The molecule has 0 aliphatic heterocycles. The van der Waals surface area contributed by atoms with E-state index in [4.69, 9.17) is 14.4 Å². The summed E-state index contributed by atoms with van der Waals surface area (Å²) >= 11 is 0. The fourth-order valence-corrected chi connectivity index (χ4v) is 3.60. The number of carbonyl (C=O) groups excluding carboxylic acids is 2. The third kappa shape index (κ3) is 4.41. The lowest BCUT2D eigenvalue weighted by Crippen LogP contribution is -2.35. The Bertz CT molecular complexity index is 1270. The molecule has 0 fully saturated rings. The van der Waals surface area contributed by atoms with Crippen LogP contribution in [0.4, 0.5) is 5.69 Å². The molecule has 0 spiro atoms. The second-order valence-corrected chi connectivity index (χ2v) is 7.05. The number of amides is 1. The maximum Gasteiger partial charge on any atom is 0.310 e. The minimum atomic E-state index is -0.516. The number of rotatable bonds is 7. The highest BCUT2D eigenvalue weighted by molar-refractivity contribution is 6.08. The van der Waals surface area contributed by atoms with Gasteiger partial charge in [-0.3, -0.25) is 9.59 Å². The summed E-state index contributed by atoms with van der Waals surface area (Å²) in [7, 11) is 0. The van der Waals surface area contributed by atoms with Gasteiger partial charge in [-0.2, -0.15) is 5.26 Å². The van der Waals surface area contributed by atoms with Crippen molar-refractivity contribution in [2.45, 2.75) is 12.8 Å². The molecule has 0 N–H and O–H groups in total. The van der Waals surface area contributed by atoms with Gasteiger partial charge in [0.25, 0.3) is 5.91 Å². The Morgan fingerprint density at radius 1 is 1.00 bits per heavy atom. The van der Waals surface area contributed by atoms with E-state index in [1.165, 1.54) is 4.90 Å². The zero-order valence-electron chi connectivity index (χ0n) is 16.8. The fourth-order valence-electron chi connectivity index (χ4n) is 3.60. The Balaban J connectivity index is 1.46. The van der Waals surface area contributed by atoms with Crippen LogP contribution in [-0.4, -0.2) is 25.0 Å². The largest absolute Gasteiger partial charge is 0.464 e. The van der Waals surface area contributed by atoms with Crippen molar-refractivity contribution < 1.29 is 18.7 Å². The summed E-state index contributed by atoms with van der Waals surface area (Å²) in [4.78, 5) is 26.6. The summed E-state index contributed by atoms with van der Waals surface area (Å²) in [6.07, 6.45) is 1.74. The van der Waals surface area contributed by atoms with Crippen molar-refractivity contribution in [3.63, 3.8) is 0 Å². The quantitative estimate of drug-likeness (QED) is 0.414. The second kappa shape index (κ2) is 9.14. The van der Waals surface area contributed by atoms with Crippen LogP contribution in [0.25, 0.3) is 21.7 Å². The van der Waals surface area contributed by atoms with Gasteiger partial charge in [0.05, 0.1) is 25.2 Å². The molecule has 0 atom stereocenters. The lowest BCUT2D eigenvalue weighted by Gasteiger charge is -2.21. The van der Waals surface area contributed by atoms with Crippen LogP contribution >= 0.6 is 0 Å². The smallest absolute Gasteiger partial charge is 0.310 e. The second-order valence-electron chi connectivity index (χ2n) is 7.05. The Hall–Kier alpha value is -4.11. The van der Waals surface area contributed by atoms with Crippen LogP contribution in [0.1, 0.15) is 12.0 Å². The number of nitrogens with zero attached hydrogens (tertiary/aromatic N) is 2. The van der Waals surface area contributed by atoms with Crippen LogP contribution < -0.4 is 4.90 Å². The summed E-state index contributed by atoms with van der Waals surface area (Å²) in [6.45, 7) is -0.162. The molecular formula is C25H20N2O4. The standard InChI is InChI=1S/C25H20N2O4/c26-13-6-14-27(20-8-2-1-3-9-20)23(28)17-31-24(29)15-19-16-30-22-12-11-18-7-4-5-10-21(18)25(19)22/h1-5,7-12,16H,6,14-15,17H2. The van der Waals surface area contributed by atoms with Crippen molar-refractivity contribution in [3.8, 4) is 6.07 Å². The van der Waals surface area contributed by atoms with E-state index in [1.54, 1.807) is 18.4 Å². The Labute approximate surface area is 179 Å². The normalized spacial score (nSPS) is 10.7. The summed E-state index contributed by atoms with van der Waals surface area (Å²) < 4.78 is 10.9. The summed E-state index contributed by atoms with van der Waals surface area (Å²) in [5, 5.41) is 11.8. The number of hydrogen-bond donors (Lipinski definition) is 0. The number of furan rings is 1. The molecule has 154 valence electrons. The van der Waals surface area contributed by atoms with Gasteiger partial charge in [-0.05, 0) is 29.0 Å². The van der Waals surface area contributed by atoms with Crippen LogP contribution in [0.2, 0.25) is 0 Å². The predicted molar refractivity (Wildman–Crippen MR) is 117 cm³/mol. The molecule has 4 aromatic rings. The highest BCUT2D eigenvalue weighted by atomic mass is 16.5. The molecule has 3 aromatic carbocycles. The zero-order chi connectivity index (χ0) is 21.6. The molecule has 4 rings (SSSR count). The first-order chi connectivity index (χ1) is 15.2. The molecule has 0 aliphatic rings. The van der Waals surface area contributed by atoms with Crippen molar-refractivity contribution >= 4 is 39.3 Å². The maximum absolute atomic E-state index is 12.7. The number of benzene rings is 3. The van der Waals surface area contributed by atoms with Crippen molar-refractivity contribution in [1.82, 2.24) is 0 Å². The first kappa shape index (κ1) is 20.2. The van der Waals surface area contributed by atoms with Crippen LogP contribution in [0, 0.1) is 11.3 Å². The number of hydrogen-bond acceptors (Lipinski definition) is 5. The molecular weight excluding hydrogens is 392 g/mol. The van der Waals surface area contributed by atoms with E-state index < -0.39 is 12.6 Å². The van der Waals surface area contributed by atoms with Gasteiger partial charge in [-0.25, -0.2) is 0 Å². The molecule has 0 radical (unpaired) electrons. The number of carbonyl (C=O) groups is 2. The van der Waals surface area contributed by atoms with Crippen molar-refractivity contribution in [3.05, 3.63) is 78.6 Å². The zero-order valence-corrected chi connectivity index (χ0v) is 16.8. The maximum atomic E-state index is 12.7. The minimum Gasteiger partial charge on any atom is -0.464 e. The van der Waals surface area contributed by atoms with Gasteiger partial charge in [0.1, 0.15) is 5.58 Å². The van der Waals surface area contributed by atoms with Gasteiger partial charge in [-0.15, -0.1) is 0 Å². The van der Waals surface area contributed by atoms with E-state index in [2.05, 4.69) is 0 Å². The Morgan fingerprint density at radius 2 is 1.77 bits per heavy atom. The molecule has 0 saturated heterocycles. The Morgan fingerprint density at radius 3 is 2.58 bits per heavy atom. The van der Waals surface area contributed by atoms with Gasteiger partial charge < -0.3 is 14.1 Å². The van der Waals surface area contributed by atoms with Gasteiger partial charge in [0.2, 0.25) is 0 Å². The number of anilines is 1. The predicted octanol–water partition coefficient (Wildman–Crippen LogP) is 4.62. The van der Waals surface area contributed by atoms with E-state index in [-0.39, 0.29) is 25.3 Å². The lowest BCUT2D eigenvalue weighted by molar-refractivity contribution is -0.147. The lowest BCUT2D eigenvalue weighted by atomic mass is 10.0. The molecule has 0 aliphatic carbocycles. The van der Waals surface area contributed by atoms with Gasteiger partial charge in [0, 0.05) is 23.2 Å². The number of ether oxygens (including phenoxy) is 1. The average Bonchev–Trinajstić information content (AvgIpc) is 3.22. The molecule has 1 heterocycles. The van der Waals surface area contributed by atoms with Gasteiger partial charge >= 0.3 is 5.97 Å². The van der Waals surface area contributed by atoms with E-state index in [0.717, 1.165) is 16.2 Å². The average molecular weight is 412 g/mol. The van der Waals surface area contributed by atoms with Gasteiger partial charge in [0.15, 0.2) is 6.61 Å². The highest BCUT2D eigenvalue weighted by Crippen LogP contribution is 2.30. The summed E-state index contributed by atoms with van der Waals surface area (Å²) in [5.41, 5.74) is 2.07. The minimum absolute atomic E-state index is 0.00216. The first-order valence-corrected chi connectivity index (χ1v) is 9.93. The van der Waals surface area contributed by atoms with E-state index in [9.17, 15) is 9.59 Å². The third-order valence-corrected chi connectivity index (χ3v) is 5.05. The highest BCUT2D eigenvalue weighted by Gasteiger charge is 2.19. The van der Waals surface area contributed by atoms with E-state index in [0.29, 0.717) is 16.8 Å². The molecule has 0 saturated carbocycles. The number of para-hydroxylation sites is 1. The molecule has 0 unspecified atom stereocenters. The number of esters is 1. The summed E-state index contributed by atoms with van der Waals surface area (Å²) in [5.74, 6) is -0.894. The van der Waals surface area contributed by atoms with E-state index in [1.807, 2.05) is 60.7 Å². The Kier molecular flexibility index (Phi) is 5.95. The van der Waals surface area contributed by atoms with E-state index >= 15 is 0 Å². The van der Waals surface area contributed by atoms with Crippen LogP contribution in [0.5, 0.6) is 0 Å². The van der Waals surface area contributed by atoms with Crippen LogP contribution in [-0.2, 0) is 20.7 Å². The fraction of sp³-hybridized carbons (Fsp3) is 0.160. The number of nitriles is 1. The number of fused-ring (bicyclic) bond motifs is 3. The molecule has 6 heteroatoms. The van der Waals surface area contributed by atoms with Crippen LogP contribution in [0.3, 0.4) is 0 Å². The molecule has 6 nitrogen and oxygen atoms in total. The monoisotopic (exact) mass is 412 g/mol. The topological polar surface area (TPSA) is 83.5 Å². The molecule has 0 bridgehead atoms. The third-order valence-electron chi connectivity index (χ3n) is 5.05.